The second-order valence-electron chi connectivity index (χ2n) is 18.6. The Bertz CT molecular complexity index is 956. The van der Waals surface area contributed by atoms with Gasteiger partial charge in [-0.1, -0.05) is 212 Å². The number of rotatable bonds is 48. The van der Waals surface area contributed by atoms with Crippen LogP contribution in [0.25, 0.3) is 0 Å². The minimum absolute atomic E-state index is 0.0920. The summed E-state index contributed by atoms with van der Waals surface area (Å²) in [6, 6.07) is 0. The molecular weight excluding hydrogens is 758 g/mol. The SMILES string of the molecule is CCCCCCCCCC/C=C\CCCCCCCCCCCCOCC(COP(=O)(O)OCC[N+](C)(C)C)OC(=O)CCCCCCCCCCCCCCCCC. The molecule has 0 aromatic rings. The van der Waals surface area contributed by atoms with E-state index in [0.29, 0.717) is 24.1 Å². The summed E-state index contributed by atoms with van der Waals surface area (Å²) in [7, 11) is 1.68. The fraction of sp³-hybridized carbons (Fsp3) is 0.940. The average molecular weight is 859 g/mol. The van der Waals surface area contributed by atoms with Crippen LogP contribution in [0, 0.1) is 0 Å². The van der Waals surface area contributed by atoms with Crippen LogP contribution in [0.2, 0.25) is 0 Å². The molecule has 0 saturated heterocycles. The third-order valence-electron chi connectivity index (χ3n) is 11.3. The van der Waals surface area contributed by atoms with Crippen LogP contribution in [-0.2, 0) is 27.9 Å². The van der Waals surface area contributed by atoms with E-state index in [0.717, 1.165) is 32.1 Å². The Hall–Kier alpha value is -0.760. The van der Waals surface area contributed by atoms with Gasteiger partial charge in [-0.2, -0.15) is 0 Å². The number of nitrogens with zero attached hydrogens (tertiary/aromatic N) is 1. The number of carbonyl (C=O) groups excluding carboxylic acids is 1. The van der Waals surface area contributed by atoms with Gasteiger partial charge in [0.2, 0.25) is 0 Å². The highest BCUT2D eigenvalue weighted by atomic mass is 31.2. The Morgan fingerprint density at radius 3 is 1.29 bits per heavy atom. The van der Waals surface area contributed by atoms with Crippen LogP contribution in [0.5, 0.6) is 0 Å². The number of phosphoric ester groups is 1. The smallest absolute Gasteiger partial charge is 0.457 e. The van der Waals surface area contributed by atoms with Gasteiger partial charge in [0.15, 0.2) is 0 Å². The highest BCUT2D eigenvalue weighted by Gasteiger charge is 2.26. The Morgan fingerprint density at radius 1 is 0.508 bits per heavy atom. The molecule has 352 valence electrons. The highest BCUT2D eigenvalue weighted by molar-refractivity contribution is 7.47. The number of ether oxygens (including phenoxy) is 2. The summed E-state index contributed by atoms with van der Waals surface area (Å²) in [5.74, 6) is -0.309. The van der Waals surface area contributed by atoms with Gasteiger partial charge < -0.3 is 18.9 Å². The predicted molar refractivity (Wildman–Crippen MR) is 252 cm³/mol. The summed E-state index contributed by atoms with van der Waals surface area (Å²) < 4.78 is 35.1. The van der Waals surface area contributed by atoms with Gasteiger partial charge in [0, 0.05) is 13.0 Å². The lowest BCUT2D eigenvalue weighted by atomic mass is 10.0. The number of carbonyl (C=O) groups is 1. The fourth-order valence-corrected chi connectivity index (χ4v) is 8.11. The number of hydrogen-bond donors (Lipinski definition) is 1. The van der Waals surface area contributed by atoms with Crippen LogP contribution >= 0.6 is 7.82 Å². The molecule has 0 aliphatic rings. The van der Waals surface area contributed by atoms with E-state index >= 15 is 0 Å². The standard InChI is InChI=1S/C50H100NO7P/c1-6-8-10-12-14-16-18-20-22-23-24-25-26-27-28-30-32-34-36-38-40-42-45-55-47-49(48-57-59(53,54)56-46-44-51(3,4)5)58-50(52)43-41-39-37-35-33-31-29-21-19-17-15-13-11-9-7-2/h23-24,49H,6-22,25-48H2,1-5H3/p+1/b24-23-. The van der Waals surface area contributed by atoms with E-state index in [-0.39, 0.29) is 25.8 Å². The van der Waals surface area contributed by atoms with Gasteiger partial charge in [0.1, 0.15) is 19.3 Å². The predicted octanol–water partition coefficient (Wildman–Crippen LogP) is 15.4. The first-order chi connectivity index (χ1) is 28.6. The molecule has 0 heterocycles. The molecule has 2 unspecified atom stereocenters. The van der Waals surface area contributed by atoms with Gasteiger partial charge in [-0.3, -0.25) is 13.8 Å². The number of unbranched alkanes of at least 4 members (excludes halogenated alkanes) is 32. The molecular formula is C50H101NO7P+. The zero-order valence-corrected chi connectivity index (χ0v) is 40.9. The van der Waals surface area contributed by atoms with Crippen molar-refractivity contribution >= 4 is 13.8 Å². The number of phosphoric acid groups is 1. The molecule has 1 N–H and O–H groups in total. The van der Waals surface area contributed by atoms with E-state index in [2.05, 4.69) is 26.0 Å². The maximum Gasteiger partial charge on any atom is 0.472 e. The van der Waals surface area contributed by atoms with E-state index in [1.165, 1.54) is 193 Å². The van der Waals surface area contributed by atoms with Gasteiger partial charge in [-0.05, 0) is 38.5 Å². The topological polar surface area (TPSA) is 91.3 Å². The monoisotopic (exact) mass is 859 g/mol. The van der Waals surface area contributed by atoms with E-state index in [9.17, 15) is 14.3 Å². The summed E-state index contributed by atoms with van der Waals surface area (Å²) in [6.07, 6.45) is 49.7. The molecule has 0 aliphatic carbocycles. The molecule has 0 fully saturated rings. The van der Waals surface area contributed by atoms with Crippen LogP contribution in [0.1, 0.15) is 245 Å². The first-order valence-corrected chi connectivity index (χ1v) is 26.9. The van der Waals surface area contributed by atoms with Crippen molar-refractivity contribution in [2.45, 2.75) is 251 Å². The lowest BCUT2D eigenvalue weighted by Gasteiger charge is -2.24. The Kier molecular flexibility index (Phi) is 43.3. The van der Waals surface area contributed by atoms with Crippen molar-refractivity contribution in [2.24, 2.45) is 0 Å². The fourth-order valence-electron chi connectivity index (χ4n) is 7.37. The molecule has 0 saturated carbocycles. The largest absolute Gasteiger partial charge is 0.472 e. The second kappa shape index (κ2) is 43.9. The zero-order chi connectivity index (χ0) is 43.4. The van der Waals surface area contributed by atoms with E-state index in [1.54, 1.807) is 0 Å². The van der Waals surface area contributed by atoms with Crippen molar-refractivity contribution in [3.05, 3.63) is 12.2 Å². The maximum atomic E-state index is 12.7. The number of quaternary nitrogens is 1. The lowest BCUT2D eigenvalue weighted by molar-refractivity contribution is -0.870. The molecule has 2 atom stereocenters. The van der Waals surface area contributed by atoms with Crippen LogP contribution in [0.4, 0.5) is 0 Å². The van der Waals surface area contributed by atoms with Crippen molar-refractivity contribution in [3.8, 4) is 0 Å². The summed E-state index contributed by atoms with van der Waals surface area (Å²) in [5.41, 5.74) is 0. The summed E-state index contributed by atoms with van der Waals surface area (Å²) in [5, 5.41) is 0. The first kappa shape index (κ1) is 58.2. The van der Waals surface area contributed by atoms with Crippen LogP contribution in [0.3, 0.4) is 0 Å². The second-order valence-corrected chi connectivity index (χ2v) is 20.0. The van der Waals surface area contributed by atoms with Crippen molar-refractivity contribution in [1.29, 1.82) is 0 Å². The van der Waals surface area contributed by atoms with Gasteiger partial charge in [-0.15, -0.1) is 0 Å². The normalized spacial score (nSPS) is 13.7. The van der Waals surface area contributed by atoms with Crippen molar-refractivity contribution in [1.82, 2.24) is 0 Å². The Morgan fingerprint density at radius 2 is 0.881 bits per heavy atom. The molecule has 0 aromatic carbocycles. The quantitative estimate of drug-likeness (QED) is 0.0214. The third kappa shape index (κ3) is 48.1. The number of allylic oxidation sites excluding steroid dienone is 2. The van der Waals surface area contributed by atoms with Gasteiger partial charge in [0.25, 0.3) is 0 Å². The molecule has 0 amide bonds. The first-order valence-electron chi connectivity index (χ1n) is 25.4. The summed E-state index contributed by atoms with van der Waals surface area (Å²) in [4.78, 5) is 23.0. The summed E-state index contributed by atoms with van der Waals surface area (Å²) >= 11 is 0. The Balaban J connectivity index is 4.09. The molecule has 9 heteroatoms. The number of esters is 1. The maximum absolute atomic E-state index is 12.7. The molecule has 0 bridgehead atoms. The van der Waals surface area contributed by atoms with Gasteiger partial charge in [0.05, 0.1) is 34.4 Å². The molecule has 0 spiro atoms. The minimum atomic E-state index is -4.27. The molecule has 0 aliphatic heterocycles. The van der Waals surface area contributed by atoms with Gasteiger partial charge in [-0.25, -0.2) is 4.57 Å². The van der Waals surface area contributed by atoms with Crippen molar-refractivity contribution < 1.29 is 37.3 Å². The summed E-state index contributed by atoms with van der Waals surface area (Å²) in [6.45, 7) is 5.68. The highest BCUT2D eigenvalue weighted by Crippen LogP contribution is 2.43. The van der Waals surface area contributed by atoms with E-state index in [1.807, 2.05) is 21.1 Å². The van der Waals surface area contributed by atoms with E-state index < -0.39 is 13.9 Å². The van der Waals surface area contributed by atoms with Crippen LogP contribution in [0.15, 0.2) is 12.2 Å². The van der Waals surface area contributed by atoms with Gasteiger partial charge >= 0.3 is 13.8 Å². The number of likely N-dealkylation sites (N-methyl/N-ethyl adjacent to an activating group) is 1. The molecule has 0 aromatic heterocycles. The van der Waals surface area contributed by atoms with Crippen LogP contribution < -0.4 is 0 Å². The molecule has 59 heavy (non-hydrogen) atoms. The third-order valence-corrected chi connectivity index (χ3v) is 12.3. The zero-order valence-electron chi connectivity index (χ0n) is 40.0. The number of hydrogen-bond acceptors (Lipinski definition) is 6. The Labute approximate surface area is 367 Å². The van der Waals surface area contributed by atoms with Crippen LogP contribution in [-0.4, -0.2) is 75.6 Å². The van der Waals surface area contributed by atoms with Crippen molar-refractivity contribution in [3.63, 3.8) is 0 Å². The molecule has 8 nitrogen and oxygen atoms in total. The lowest BCUT2D eigenvalue weighted by Crippen LogP contribution is -2.37. The van der Waals surface area contributed by atoms with E-state index in [4.69, 9.17) is 18.5 Å². The minimum Gasteiger partial charge on any atom is -0.457 e. The molecule has 0 rings (SSSR count). The van der Waals surface area contributed by atoms with Crippen molar-refractivity contribution in [2.75, 3.05) is 54.1 Å². The molecule has 0 radical (unpaired) electrons. The average Bonchev–Trinajstić information content (AvgIpc) is 3.19.